The van der Waals surface area contributed by atoms with Crippen LogP contribution in [0.25, 0.3) is 11.1 Å². The van der Waals surface area contributed by atoms with Crippen molar-refractivity contribution in [3.63, 3.8) is 0 Å². The number of hydrogen-bond donors (Lipinski definition) is 0. The number of fused-ring (bicyclic) bond motifs is 1. The molecule has 0 fully saturated rings. The van der Waals surface area contributed by atoms with E-state index >= 15 is 0 Å². The Morgan fingerprint density at radius 2 is 2.05 bits per heavy atom. The van der Waals surface area contributed by atoms with E-state index < -0.39 is 8.07 Å². The van der Waals surface area contributed by atoms with Crippen LogP contribution in [0.5, 0.6) is 0 Å². The van der Waals surface area contributed by atoms with Crippen LogP contribution in [0.3, 0.4) is 0 Å². The number of benzene rings is 1. The van der Waals surface area contributed by atoms with Crippen LogP contribution in [-0.4, -0.2) is 19.7 Å². The number of rotatable bonds is 5. The van der Waals surface area contributed by atoms with Crippen molar-refractivity contribution in [2.45, 2.75) is 39.2 Å². The van der Waals surface area contributed by atoms with E-state index in [4.69, 9.17) is 9.15 Å². The van der Waals surface area contributed by atoms with E-state index in [1.807, 2.05) is 0 Å². The van der Waals surface area contributed by atoms with Crippen LogP contribution >= 0.6 is 0 Å². The molecule has 0 aliphatic rings. The van der Waals surface area contributed by atoms with E-state index in [0.717, 1.165) is 6.04 Å². The van der Waals surface area contributed by atoms with Gasteiger partial charge in [-0.15, -0.1) is 0 Å². The minimum Gasteiger partial charge on any atom is -0.441 e. The number of oxazole rings is 1. The zero-order valence-electron chi connectivity index (χ0n) is 11.9. The highest BCUT2D eigenvalue weighted by Crippen LogP contribution is 2.20. The lowest BCUT2D eigenvalue weighted by atomic mass is 10.2. The molecule has 0 saturated carbocycles. The third kappa shape index (κ3) is 3.88. The van der Waals surface area contributed by atoms with E-state index in [2.05, 4.69) is 24.6 Å². The summed E-state index contributed by atoms with van der Waals surface area (Å²) in [7, 11) is -1.10. The van der Waals surface area contributed by atoms with Gasteiger partial charge in [-0.3, -0.25) is 0 Å². The van der Waals surface area contributed by atoms with E-state index in [9.17, 15) is 4.39 Å². The first-order chi connectivity index (χ1) is 8.85. The molecule has 0 N–H and O–H groups in total. The lowest BCUT2D eigenvalue weighted by Crippen LogP contribution is -2.21. The number of hydrogen-bond acceptors (Lipinski definition) is 3. The summed E-state index contributed by atoms with van der Waals surface area (Å²) in [5.41, 5.74) is 1.71. The van der Waals surface area contributed by atoms with Crippen LogP contribution < -0.4 is 0 Å². The second-order valence-electron chi connectivity index (χ2n) is 6.01. The van der Waals surface area contributed by atoms with E-state index in [1.165, 1.54) is 6.07 Å². The molecular weight excluding hydrogens is 261 g/mol. The summed E-state index contributed by atoms with van der Waals surface area (Å²) in [6, 6.07) is 4.17. The van der Waals surface area contributed by atoms with Gasteiger partial charge in [-0.1, -0.05) is 19.6 Å². The molecule has 104 valence electrons. The highest BCUT2D eigenvalue weighted by atomic mass is 28.3. The van der Waals surface area contributed by atoms with Gasteiger partial charge in [0.25, 0.3) is 0 Å². The normalized spacial score (nSPS) is 12.3. The maximum Gasteiger partial charge on any atom is 0.192 e. The van der Waals surface area contributed by atoms with Crippen molar-refractivity contribution in [2.75, 3.05) is 6.61 Å². The minimum absolute atomic E-state index is 0.290. The average molecular weight is 281 g/mol. The van der Waals surface area contributed by atoms with Crippen LogP contribution in [-0.2, 0) is 11.3 Å². The Kier molecular flexibility index (Phi) is 4.06. The van der Waals surface area contributed by atoms with Gasteiger partial charge in [0.1, 0.15) is 11.3 Å². The summed E-state index contributed by atoms with van der Waals surface area (Å²) in [6.45, 7) is 9.61. The predicted octanol–water partition coefficient (Wildman–Crippen LogP) is 4.13. The van der Waals surface area contributed by atoms with Crippen LogP contribution in [0.4, 0.5) is 4.39 Å². The molecule has 19 heavy (non-hydrogen) atoms. The average Bonchev–Trinajstić information content (AvgIpc) is 2.62. The molecule has 0 unspecified atom stereocenters. The van der Waals surface area contributed by atoms with Gasteiger partial charge in [-0.25, -0.2) is 9.37 Å². The molecule has 2 aromatic rings. The van der Waals surface area contributed by atoms with Crippen molar-refractivity contribution in [1.82, 2.24) is 4.98 Å². The smallest absolute Gasteiger partial charge is 0.192 e. The second-order valence-corrected chi connectivity index (χ2v) is 11.6. The molecule has 1 aromatic heterocycles. The Balaban J connectivity index is 2.02. The molecule has 3 nitrogen and oxygen atoms in total. The summed E-state index contributed by atoms with van der Waals surface area (Å²) in [6.07, 6.45) is 0. The highest BCUT2D eigenvalue weighted by Gasteiger charge is 2.13. The Labute approximate surface area is 113 Å². The summed E-state index contributed by atoms with van der Waals surface area (Å²) < 4.78 is 24.7. The molecule has 0 aliphatic heterocycles. The van der Waals surface area contributed by atoms with Crippen molar-refractivity contribution < 1.29 is 13.5 Å². The summed E-state index contributed by atoms with van der Waals surface area (Å²) >= 11 is 0. The molecule has 0 amide bonds. The molecule has 0 atom stereocenters. The third-order valence-electron chi connectivity index (χ3n) is 2.92. The molecule has 2 rings (SSSR count). The van der Waals surface area contributed by atoms with Crippen molar-refractivity contribution >= 4 is 19.2 Å². The molecule has 1 aromatic carbocycles. The Bertz CT molecular complexity index is 575. The number of ether oxygens (including phenoxy) is 1. The van der Waals surface area contributed by atoms with Gasteiger partial charge in [-0.2, -0.15) is 0 Å². The van der Waals surface area contributed by atoms with Crippen molar-refractivity contribution in [2.24, 2.45) is 0 Å². The summed E-state index contributed by atoms with van der Waals surface area (Å²) in [5.74, 6) is 0.253. The second kappa shape index (κ2) is 5.42. The fraction of sp³-hybridized carbons (Fsp3) is 0.500. The zero-order valence-corrected chi connectivity index (χ0v) is 12.9. The number of aromatic nitrogens is 1. The van der Waals surface area contributed by atoms with Gasteiger partial charge in [0, 0.05) is 33.2 Å². The zero-order chi connectivity index (χ0) is 14.0. The molecule has 0 aliphatic carbocycles. The largest absolute Gasteiger partial charge is 0.441 e. The molecular formula is C14H20FNO2Si. The maximum atomic E-state index is 13.8. The first-order valence-electron chi connectivity index (χ1n) is 6.48. The van der Waals surface area contributed by atoms with Gasteiger partial charge in [0.2, 0.25) is 0 Å². The fourth-order valence-corrected chi connectivity index (χ4v) is 2.54. The lowest BCUT2D eigenvalue weighted by molar-refractivity contribution is 0.131. The quantitative estimate of drug-likeness (QED) is 0.610. The van der Waals surface area contributed by atoms with Crippen LogP contribution in [0, 0.1) is 12.7 Å². The van der Waals surface area contributed by atoms with Gasteiger partial charge in [-0.05, 0) is 12.1 Å². The Morgan fingerprint density at radius 3 is 2.74 bits per heavy atom. The molecule has 0 bridgehead atoms. The standard InChI is InChI=1S/C14H20FNO2Si/c1-10-16-13-7-11(12(15)8-14(13)18-10)9-17-5-6-19(2,3)4/h7-8H,5-6,9H2,1-4H3. The number of nitrogens with zero attached hydrogens (tertiary/aromatic N) is 1. The molecule has 0 radical (unpaired) electrons. The topological polar surface area (TPSA) is 35.3 Å². The Morgan fingerprint density at radius 1 is 1.32 bits per heavy atom. The Hall–Kier alpha value is -1.20. The molecule has 1 heterocycles. The summed E-state index contributed by atoms with van der Waals surface area (Å²) in [4.78, 5) is 4.20. The fourth-order valence-electron chi connectivity index (χ4n) is 1.78. The van der Waals surface area contributed by atoms with Crippen molar-refractivity contribution in [1.29, 1.82) is 0 Å². The van der Waals surface area contributed by atoms with Crippen LogP contribution in [0.15, 0.2) is 16.5 Å². The van der Waals surface area contributed by atoms with Crippen molar-refractivity contribution in [3.05, 3.63) is 29.4 Å². The minimum atomic E-state index is -1.10. The molecule has 0 spiro atoms. The molecule has 5 heteroatoms. The summed E-state index contributed by atoms with van der Waals surface area (Å²) in [5, 5.41) is 0. The van der Waals surface area contributed by atoms with Crippen LogP contribution in [0.2, 0.25) is 25.7 Å². The van der Waals surface area contributed by atoms with E-state index in [1.54, 1.807) is 13.0 Å². The third-order valence-corrected chi connectivity index (χ3v) is 4.62. The SMILES string of the molecule is Cc1nc2cc(COCC[Si](C)(C)C)c(F)cc2o1. The molecule has 0 saturated heterocycles. The first-order valence-corrected chi connectivity index (χ1v) is 10.2. The maximum absolute atomic E-state index is 13.8. The highest BCUT2D eigenvalue weighted by molar-refractivity contribution is 6.76. The van der Waals surface area contributed by atoms with Crippen LogP contribution in [0.1, 0.15) is 11.5 Å². The van der Waals surface area contributed by atoms with E-state index in [-0.39, 0.29) is 12.4 Å². The predicted molar refractivity (Wildman–Crippen MR) is 76.5 cm³/mol. The number of aryl methyl sites for hydroxylation is 1. The van der Waals surface area contributed by atoms with E-state index in [0.29, 0.717) is 29.2 Å². The first kappa shape index (κ1) is 14.2. The van der Waals surface area contributed by atoms with Gasteiger partial charge in [0.05, 0.1) is 6.61 Å². The monoisotopic (exact) mass is 281 g/mol. The van der Waals surface area contributed by atoms with Crippen molar-refractivity contribution in [3.8, 4) is 0 Å². The van der Waals surface area contributed by atoms with Gasteiger partial charge >= 0.3 is 0 Å². The van der Waals surface area contributed by atoms with Gasteiger partial charge < -0.3 is 9.15 Å². The number of halogens is 1. The lowest BCUT2D eigenvalue weighted by Gasteiger charge is -2.15. The van der Waals surface area contributed by atoms with Gasteiger partial charge in [0.15, 0.2) is 11.5 Å².